The van der Waals surface area contributed by atoms with Crippen LogP contribution in [0.5, 0.6) is 11.6 Å². The van der Waals surface area contributed by atoms with Crippen LogP contribution < -0.4 is 14.8 Å². The number of ether oxygens (including phenoxy) is 2. The molecule has 222 valence electrons. The number of carbonyl (C=O) groups is 2. The van der Waals surface area contributed by atoms with Crippen LogP contribution in [0.25, 0.3) is 22.2 Å². The monoisotopic (exact) mass is 583 g/mol. The molecule has 0 radical (unpaired) electrons. The number of H-pyrrole nitrogens is 1. The molecule has 0 saturated carbocycles. The number of aromatic nitrogens is 6. The van der Waals surface area contributed by atoms with Crippen LogP contribution in [0.3, 0.4) is 0 Å². The summed E-state index contributed by atoms with van der Waals surface area (Å²) in [7, 11) is 1.63. The molecule has 1 atom stereocenters. The van der Waals surface area contributed by atoms with Crippen molar-refractivity contribution in [3.63, 3.8) is 0 Å². The summed E-state index contributed by atoms with van der Waals surface area (Å²) >= 11 is 0. The number of amides is 1. The van der Waals surface area contributed by atoms with Gasteiger partial charge in [-0.15, -0.1) is 0 Å². The predicted molar refractivity (Wildman–Crippen MR) is 157 cm³/mol. The first kappa shape index (κ1) is 28.1. The standard InChI is InChI=1S/C31H33N7O5/c1-19-9-10-20-15-21(27(41-2)16-23(20)34-19)25-18-33-29(35-25)22(7-4-3-5-8-26(39)31-32-11-14-43-31)36-30(40)24-17-28-38(37-24)12-6-13-42-28/h9-11,14-18,22H,3-8,12-13H2,1-2H3,(H,33,35)(H,36,40). The van der Waals surface area contributed by atoms with Gasteiger partial charge in [0.1, 0.15) is 17.8 Å². The van der Waals surface area contributed by atoms with Crippen LogP contribution in [0.15, 0.2) is 53.4 Å². The van der Waals surface area contributed by atoms with E-state index in [1.807, 2.05) is 31.2 Å². The Morgan fingerprint density at radius 2 is 2.07 bits per heavy atom. The van der Waals surface area contributed by atoms with Gasteiger partial charge in [-0.3, -0.25) is 14.6 Å². The summed E-state index contributed by atoms with van der Waals surface area (Å²) in [6.07, 6.45) is 8.62. The topological polar surface area (TPSA) is 150 Å². The summed E-state index contributed by atoms with van der Waals surface area (Å²) in [5, 5.41) is 8.53. The first-order valence-electron chi connectivity index (χ1n) is 14.4. The highest BCUT2D eigenvalue weighted by molar-refractivity contribution is 5.93. The molecule has 0 fully saturated rings. The fourth-order valence-corrected chi connectivity index (χ4v) is 5.25. The second-order valence-corrected chi connectivity index (χ2v) is 10.6. The normalized spacial score (nSPS) is 13.3. The lowest BCUT2D eigenvalue weighted by atomic mass is 10.0. The smallest absolute Gasteiger partial charge is 0.272 e. The van der Waals surface area contributed by atoms with Crippen molar-refractivity contribution in [2.75, 3.05) is 13.7 Å². The summed E-state index contributed by atoms with van der Waals surface area (Å²) in [4.78, 5) is 42.2. The highest BCUT2D eigenvalue weighted by Gasteiger charge is 2.24. The number of ketones is 1. The first-order chi connectivity index (χ1) is 21.0. The van der Waals surface area contributed by atoms with E-state index in [1.54, 1.807) is 24.1 Å². The summed E-state index contributed by atoms with van der Waals surface area (Å²) in [6, 6.07) is 9.19. The number of aryl methyl sites for hydroxylation is 2. The zero-order chi connectivity index (χ0) is 29.8. The number of Topliss-reactive ketones (excluding diaryl/α,β-unsaturated/α-hetero) is 1. The van der Waals surface area contributed by atoms with Crippen molar-refractivity contribution >= 4 is 22.6 Å². The largest absolute Gasteiger partial charge is 0.496 e. The Balaban J connectivity index is 1.20. The van der Waals surface area contributed by atoms with Gasteiger partial charge >= 0.3 is 0 Å². The van der Waals surface area contributed by atoms with Crippen LogP contribution in [0.4, 0.5) is 0 Å². The Bertz CT molecular complexity index is 1720. The number of unbranched alkanes of at least 4 members (excludes halogenated alkanes) is 2. The molecule has 5 heterocycles. The van der Waals surface area contributed by atoms with Crippen molar-refractivity contribution < 1.29 is 23.5 Å². The maximum absolute atomic E-state index is 13.3. The van der Waals surface area contributed by atoms with Crippen LogP contribution in [-0.4, -0.2) is 55.1 Å². The molecule has 0 aliphatic carbocycles. The average Bonchev–Trinajstić information content (AvgIpc) is 3.80. The molecule has 1 aliphatic heterocycles. The van der Waals surface area contributed by atoms with Crippen LogP contribution in [-0.2, 0) is 6.54 Å². The van der Waals surface area contributed by atoms with E-state index >= 15 is 0 Å². The number of methoxy groups -OCH3 is 1. The van der Waals surface area contributed by atoms with Crippen LogP contribution in [0, 0.1) is 6.92 Å². The van der Waals surface area contributed by atoms with Crippen LogP contribution in [0.1, 0.15) is 77.3 Å². The van der Waals surface area contributed by atoms with Crippen molar-refractivity contribution in [3.8, 4) is 22.9 Å². The second-order valence-electron chi connectivity index (χ2n) is 10.6. The third kappa shape index (κ3) is 6.27. The lowest BCUT2D eigenvalue weighted by Gasteiger charge is -2.16. The van der Waals surface area contributed by atoms with Gasteiger partial charge in [-0.05, 0) is 31.9 Å². The second kappa shape index (κ2) is 12.5. The average molecular weight is 584 g/mol. The van der Waals surface area contributed by atoms with Gasteiger partial charge in [-0.25, -0.2) is 14.6 Å². The Hall–Kier alpha value is -5.00. The third-order valence-electron chi connectivity index (χ3n) is 7.48. The predicted octanol–water partition coefficient (Wildman–Crippen LogP) is 5.21. The molecule has 43 heavy (non-hydrogen) atoms. The van der Waals surface area contributed by atoms with Crippen LogP contribution in [0.2, 0.25) is 0 Å². The zero-order valence-electron chi connectivity index (χ0n) is 24.1. The quantitative estimate of drug-likeness (QED) is 0.149. The van der Waals surface area contributed by atoms with Crippen molar-refractivity contribution in [1.82, 2.24) is 35.0 Å². The van der Waals surface area contributed by atoms with Crippen molar-refractivity contribution in [1.29, 1.82) is 0 Å². The van der Waals surface area contributed by atoms with E-state index in [0.29, 0.717) is 55.6 Å². The molecule has 2 N–H and O–H groups in total. The number of carbonyl (C=O) groups excluding carboxylic acids is 2. The van der Waals surface area contributed by atoms with Crippen molar-refractivity contribution in [2.45, 2.75) is 58.0 Å². The number of fused-ring (bicyclic) bond motifs is 2. The van der Waals surface area contributed by atoms with E-state index in [-0.39, 0.29) is 17.6 Å². The van der Waals surface area contributed by atoms with Gasteiger partial charge in [0.05, 0.1) is 43.4 Å². The molecule has 6 rings (SSSR count). The number of benzene rings is 1. The number of nitrogens with one attached hydrogen (secondary N) is 2. The van der Waals surface area contributed by atoms with E-state index in [9.17, 15) is 9.59 Å². The first-order valence-corrected chi connectivity index (χ1v) is 14.4. The molecule has 1 unspecified atom stereocenters. The fraction of sp³-hybridized carbons (Fsp3) is 0.355. The van der Waals surface area contributed by atoms with Crippen LogP contribution >= 0.6 is 0 Å². The lowest BCUT2D eigenvalue weighted by molar-refractivity contribution is 0.0925. The Morgan fingerprint density at radius 3 is 2.88 bits per heavy atom. The molecular weight excluding hydrogens is 550 g/mol. The molecule has 12 nitrogen and oxygen atoms in total. The van der Waals surface area contributed by atoms with Gasteiger partial charge in [0, 0.05) is 48.2 Å². The van der Waals surface area contributed by atoms with Gasteiger partial charge in [-0.2, -0.15) is 5.10 Å². The maximum Gasteiger partial charge on any atom is 0.272 e. The minimum atomic E-state index is -0.417. The van der Waals surface area contributed by atoms with Crippen molar-refractivity contribution in [3.05, 3.63) is 72.1 Å². The van der Waals surface area contributed by atoms with E-state index in [1.165, 1.54) is 12.5 Å². The summed E-state index contributed by atoms with van der Waals surface area (Å²) in [5.74, 6) is 1.58. The van der Waals surface area contributed by atoms with E-state index in [0.717, 1.165) is 47.1 Å². The van der Waals surface area contributed by atoms with Gasteiger partial charge < -0.3 is 24.2 Å². The highest BCUT2D eigenvalue weighted by atomic mass is 16.5. The van der Waals surface area contributed by atoms with Gasteiger partial charge in [0.2, 0.25) is 11.7 Å². The Kier molecular flexibility index (Phi) is 8.16. The van der Waals surface area contributed by atoms with E-state index in [4.69, 9.17) is 13.9 Å². The third-order valence-corrected chi connectivity index (χ3v) is 7.48. The lowest BCUT2D eigenvalue weighted by Crippen LogP contribution is -2.30. The molecule has 0 bridgehead atoms. The van der Waals surface area contributed by atoms with Gasteiger partial charge in [0.25, 0.3) is 11.8 Å². The van der Waals surface area contributed by atoms with E-state index in [2.05, 4.69) is 30.4 Å². The summed E-state index contributed by atoms with van der Waals surface area (Å²) in [5.41, 5.74) is 3.67. The van der Waals surface area contributed by atoms with Crippen molar-refractivity contribution in [2.24, 2.45) is 0 Å². The number of hydrogen-bond acceptors (Lipinski definition) is 9. The highest BCUT2D eigenvalue weighted by Crippen LogP contribution is 2.34. The molecule has 1 amide bonds. The van der Waals surface area contributed by atoms with Gasteiger partial charge in [-0.1, -0.05) is 18.9 Å². The van der Waals surface area contributed by atoms with E-state index < -0.39 is 6.04 Å². The molecule has 4 aromatic heterocycles. The molecule has 1 aromatic carbocycles. The molecular formula is C31H33N7O5. The number of aromatic amines is 1. The molecule has 12 heteroatoms. The Labute approximate surface area is 247 Å². The van der Waals surface area contributed by atoms with Gasteiger partial charge in [0.15, 0.2) is 5.69 Å². The number of rotatable bonds is 12. The minimum absolute atomic E-state index is 0.119. The zero-order valence-corrected chi connectivity index (χ0v) is 24.1. The SMILES string of the molecule is COc1cc2nc(C)ccc2cc1-c1cnc(C(CCCCCC(=O)c2ncco2)NC(=O)c2cc3n(n2)CCCO3)[nH]1. The molecule has 1 aliphatic rings. The number of imidazole rings is 1. The number of nitrogens with zero attached hydrogens (tertiary/aromatic N) is 5. The number of oxazole rings is 1. The summed E-state index contributed by atoms with van der Waals surface area (Å²) in [6.45, 7) is 3.27. The maximum atomic E-state index is 13.3. The fourth-order valence-electron chi connectivity index (χ4n) is 5.25. The number of hydrogen-bond donors (Lipinski definition) is 2. The molecule has 5 aromatic rings. The Morgan fingerprint density at radius 1 is 1.16 bits per heavy atom. The number of pyridine rings is 1. The minimum Gasteiger partial charge on any atom is -0.496 e. The molecule has 0 saturated heterocycles. The summed E-state index contributed by atoms with van der Waals surface area (Å²) < 4.78 is 18.2. The molecule has 0 spiro atoms.